The van der Waals surface area contributed by atoms with E-state index in [1.165, 1.54) is 5.56 Å². The molecule has 1 saturated heterocycles. The van der Waals surface area contributed by atoms with Gasteiger partial charge >= 0.3 is 0 Å². The quantitative estimate of drug-likeness (QED) is 0.708. The SMILES string of the molecule is COc1ccccc1N(C)C(=O)C1CN(c2c3c(nc4ccnn24)CCNCC3)C1. The second-order valence-electron chi connectivity index (χ2n) is 7.88. The summed E-state index contributed by atoms with van der Waals surface area (Å²) in [6.07, 6.45) is 3.63. The Morgan fingerprint density at radius 2 is 2.00 bits per heavy atom. The largest absolute Gasteiger partial charge is 0.495 e. The standard InChI is InChI=1S/C22H26N6O2/c1-26(18-5-3-4-6-19(18)30-2)22(29)15-13-27(14-15)21-16-7-10-23-11-8-17(16)25-20-9-12-24-28(20)21/h3-6,9,12,15,23H,7-8,10-11,13-14H2,1-2H3. The van der Waals surface area contributed by atoms with Crippen molar-refractivity contribution in [1.29, 1.82) is 0 Å². The number of hydrogen-bond donors (Lipinski definition) is 1. The van der Waals surface area contributed by atoms with Crippen LogP contribution in [0.1, 0.15) is 11.3 Å². The third kappa shape index (κ3) is 3.08. The Labute approximate surface area is 175 Å². The molecule has 0 aliphatic carbocycles. The molecule has 156 valence electrons. The number of rotatable bonds is 4. The van der Waals surface area contributed by atoms with Crippen molar-refractivity contribution in [3.63, 3.8) is 0 Å². The van der Waals surface area contributed by atoms with Gasteiger partial charge in [-0.2, -0.15) is 9.61 Å². The second kappa shape index (κ2) is 7.60. The highest BCUT2D eigenvalue weighted by Crippen LogP contribution is 2.34. The number of hydrogen-bond acceptors (Lipinski definition) is 6. The molecule has 2 aliphatic heterocycles. The molecular formula is C22H26N6O2. The summed E-state index contributed by atoms with van der Waals surface area (Å²) in [5.41, 5.74) is 4.05. The molecule has 0 atom stereocenters. The predicted octanol–water partition coefficient (Wildman–Crippen LogP) is 1.53. The molecule has 0 bridgehead atoms. The van der Waals surface area contributed by atoms with Gasteiger partial charge < -0.3 is 19.9 Å². The van der Waals surface area contributed by atoms with Crippen LogP contribution in [0.3, 0.4) is 0 Å². The number of carbonyl (C=O) groups excluding carboxylic acids is 1. The lowest BCUT2D eigenvalue weighted by molar-refractivity contribution is -0.122. The van der Waals surface area contributed by atoms with Crippen LogP contribution < -0.4 is 19.9 Å². The van der Waals surface area contributed by atoms with Crippen LogP contribution in [0.2, 0.25) is 0 Å². The fourth-order valence-corrected chi connectivity index (χ4v) is 4.45. The zero-order valence-corrected chi connectivity index (χ0v) is 17.3. The highest BCUT2D eigenvalue weighted by molar-refractivity contribution is 5.97. The number of ether oxygens (including phenoxy) is 1. The van der Waals surface area contributed by atoms with Crippen molar-refractivity contribution < 1.29 is 9.53 Å². The third-order valence-corrected chi connectivity index (χ3v) is 6.09. The Morgan fingerprint density at radius 1 is 1.20 bits per heavy atom. The van der Waals surface area contributed by atoms with Gasteiger partial charge in [0.25, 0.3) is 0 Å². The maximum Gasteiger partial charge on any atom is 0.233 e. The Bertz CT molecular complexity index is 1090. The molecule has 30 heavy (non-hydrogen) atoms. The van der Waals surface area contributed by atoms with Gasteiger partial charge in [-0.15, -0.1) is 0 Å². The summed E-state index contributed by atoms with van der Waals surface area (Å²) in [5.74, 6) is 1.84. The topological polar surface area (TPSA) is 75.0 Å². The first-order valence-electron chi connectivity index (χ1n) is 10.4. The average Bonchev–Trinajstić information content (AvgIpc) is 3.08. The molecule has 0 spiro atoms. The van der Waals surface area contributed by atoms with Crippen LogP contribution in [-0.4, -0.2) is 60.8 Å². The van der Waals surface area contributed by atoms with Crippen molar-refractivity contribution in [2.45, 2.75) is 12.8 Å². The third-order valence-electron chi connectivity index (χ3n) is 6.09. The van der Waals surface area contributed by atoms with Crippen molar-refractivity contribution in [2.24, 2.45) is 5.92 Å². The van der Waals surface area contributed by atoms with Crippen molar-refractivity contribution in [3.8, 4) is 5.75 Å². The molecule has 1 amide bonds. The van der Waals surface area contributed by atoms with Crippen molar-refractivity contribution in [2.75, 3.05) is 50.1 Å². The van der Waals surface area contributed by atoms with Gasteiger partial charge in [0.05, 0.1) is 30.6 Å². The molecule has 1 fully saturated rings. The zero-order chi connectivity index (χ0) is 20.7. The smallest absolute Gasteiger partial charge is 0.233 e. The molecule has 8 nitrogen and oxygen atoms in total. The highest BCUT2D eigenvalue weighted by Gasteiger charge is 2.38. The molecule has 1 aromatic carbocycles. The van der Waals surface area contributed by atoms with Crippen molar-refractivity contribution in [1.82, 2.24) is 19.9 Å². The fourth-order valence-electron chi connectivity index (χ4n) is 4.45. The minimum Gasteiger partial charge on any atom is -0.495 e. The van der Waals surface area contributed by atoms with E-state index in [9.17, 15) is 4.79 Å². The zero-order valence-electron chi connectivity index (χ0n) is 17.3. The van der Waals surface area contributed by atoms with Crippen LogP contribution in [0, 0.1) is 5.92 Å². The summed E-state index contributed by atoms with van der Waals surface area (Å²) in [5, 5.41) is 7.97. The number of aromatic nitrogens is 3. The Hall–Kier alpha value is -3.13. The van der Waals surface area contributed by atoms with Gasteiger partial charge in [0.15, 0.2) is 5.65 Å². The van der Waals surface area contributed by atoms with Crippen LogP contribution in [0.25, 0.3) is 5.65 Å². The molecule has 4 heterocycles. The van der Waals surface area contributed by atoms with Gasteiger partial charge in [-0.05, 0) is 25.1 Å². The molecule has 0 saturated carbocycles. The first-order chi connectivity index (χ1) is 14.7. The number of nitrogens with one attached hydrogen (secondary N) is 1. The monoisotopic (exact) mass is 406 g/mol. The average molecular weight is 406 g/mol. The summed E-state index contributed by atoms with van der Waals surface area (Å²) in [4.78, 5) is 21.9. The number of methoxy groups -OCH3 is 1. The minimum atomic E-state index is -0.0572. The normalized spacial score (nSPS) is 16.7. The molecule has 5 rings (SSSR count). The lowest BCUT2D eigenvalue weighted by atomic mass is 9.96. The van der Waals surface area contributed by atoms with E-state index < -0.39 is 0 Å². The molecule has 8 heteroatoms. The number of amides is 1. The Balaban J connectivity index is 1.39. The number of benzene rings is 1. The number of para-hydroxylation sites is 2. The summed E-state index contributed by atoms with van der Waals surface area (Å²) in [6.45, 7) is 3.23. The molecule has 0 unspecified atom stereocenters. The van der Waals surface area contributed by atoms with Gasteiger partial charge in [-0.3, -0.25) is 4.79 Å². The maximum atomic E-state index is 13.1. The van der Waals surface area contributed by atoms with Crippen molar-refractivity contribution in [3.05, 3.63) is 47.8 Å². The first kappa shape index (κ1) is 18.9. The lowest BCUT2D eigenvalue weighted by Crippen LogP contribution is -2.55. The van der Waals surface area contributed by atoms with E-state index in [1.54, 1.807) is 18.2 Å². The highest BCUT2D eigenvalue weighted by atomic mass is 16.5. The van der Waals surface area contributed by atoms with E-state index in [2.05, 4.69) is 15.3 Å². The van der Waals surface area contributed by atoms with E-state index in [0.29, 0.717) is 18.8 Å². The molecule has 3 aromatic rings. The first-order valence-corrected chi connectivity index (χ1v) is 10.4. The number of nitrogens with zero attached hydrogens (tertiary/aromatic N) is 5. The minimum absolute atomic E-state index is 0.0572. The summed E-state index contributed by atoms with van der Waals surface area (Å²) in [6, 6.07) is 9.56. The van der Waals surface area contributed by atoms with E-state index in [4.69, 9.17) is 9.72 Å². The summed E-state index contributed by atoms with van der Waals surface area (Å²) in [7, 11) is 3.44. The Kier molecular flexibility index (Phi) is 4.78. The molecular weight excluding hydrogens is 380 g/mol. The van der Waals surface area contributed by atoms with Gasteiger partial charge in [0.1, 0.15) is 11.6 Å². The van der Waals surface area contributed by atoms with Gasteiger partial charge in [-0.25, -0.2) is 4.98 Å². The van der Waals surface area contributed by atoms with Gasteiger partial charge in [0, 0.05) is 44.7 Å². The van der Waals surface area contributed by atoms with Crippen LogP contribution >= 0.6 is 0 Å². The molecule has 1 N–H and O–H groups in total. The van der Waals surface area contributed by atoms with Crippen molar-refractivity contribution >= 4 is 23.1 Å². The molecule has 0 radical (unpaired) electrons. The van der Waals surface area contributed by atoms with E-state index in [0.717, 1.165) is 48.8 Å². The van der Waals surface area contributed by atoms with Crippen LogP contribution in [0.15, 0.2) is 36.5 Å². The van der Waals surface area contributed by atoms with E-state index in [-0.39, 0.29) is 11.8 Å². The fraction of sp³-hybridized carbons (Fsp3) is 0.409. The van der Waals surface area contributed by atoms with E-state index >= 15 is 0 Å². The van der Waals surface area contributed by atoms with Gasteiger partial charge in [-0.1, -0.05) is 12.1 Å². The predicted molar refractivity (Wildman–Crippen MR) is 115 cm³/mol. The van der Waals surface area contributed by atoms with Gasteiger partial charge in [0.2, 0.25) is 5.91 Å². The molecule has 2 aliphatic rings. The number of carbonyl (C=O) groups is 1. The Morgan fingerprint density at radius 3 is 2.83 bits per heavy atom. The molecule has 2 aromatic heterocycles. The number of anilines is 2. The lowest BCUT2D eigenvalue weighted by Gasteiger charge is -2.42. The number of fused-ring (bicyclic) bond motifs is 2. The maximum absolute atomic E-state index is 13.1. The summed E-state index contributed by atoms with van der Waals surface area (Å²) >= 11 is 0. The van der Waals surface area contributed by atoms with E-state index in [1.807, 2.05) is 41.9 Å². The van der Waals surface area contributed by atoms with Crippen LogP contribution in [0.5, 0.6) is 5.75 Å². The van der Waals surface area contributed by atoms with Crippen LogP contribution in [0.4, 0.5) is 11.5 Å². The summed E-state index contributed by atoms with van der Waals surface area (Å²) < 4.78 is 7.35. The second-order valence-corrected chi connectivity index (χ2v) is 7.88. The van der Waals surface area contributed by atoms with Crippen LogP contribution in [-0.2, 0) is 17.6 Å².